The van der Waals surface area contributed by atoms with Crippen molar-refractivity contribution in [1.29, 1.82) is 0 Å². The molecule has 2 heteroatoms. The van der Waals surface area contributed by atoms with Gasteiger partial charge in [-0.15, -0.1) is 0 Å². The molecule has 1 saturated heterocycles. The second kappa shape index (κ2) is 6.41. The first-order valence-electron chi connectivity index (χ1n) is 6.18. The summed E-state index contributed by atoms with van der Waals surface area (Å²) in [6.07, 6.45) is 6.99. The zero-order valence-corrected chi connectivity index (χ0v) is 9.84. The van der Waals surface area contributed by atoms with Gasteiger partial charge < -0.3 is 10.6 Å². The molecule has 0 bridgehead atoms. The van der Waals surface area contributed by atoms with Crippen LogP contribution in [0.4, 0.5) is 0 Å². The number of hydrogen-bond acceptors (Lipinski definition) is 2. The summed E-state index contributed by atoms with van der Waals surface area (Å²) in [6, 6.07) is 0.356. The number of hydrogen-bond donors (Lipinski definition) is 1. The van der Waals surface area contributed by atoms with Gasteiger partial charge >= 0.3 is 0 Å². The molecule has 0 aromatic heterocycles. The van der Waals surface area contributed by atoms with Crippen molar-refractivity contribution >= 4 is 0 Å². The van der Waals surface area contributed by atoms with Gasteiger partial charge in [0, 0.05) is 12.6 Å². The van der Waals surface area contributed by atoms with Crippen LogP contribution in [0.3, 0.4) is 0 Å². The third-order valence-corrected chi connectivity index (χ3v) is 3.27. The van der Waals surface area contributed by atoms with E-state index in [0.29, 0.717) is 12.0 Å². The zero-order valence-electron chi connectivity index (χ0n) is 9.84. The molecule has 0 aromatic rings. The van der Waals surface area contributed by atoms with E-state index in [-0.39, 0.29) is 0 Å². The van der Waals surface area contributed by atoms with Crippen molar-refractivity contribution in [3.05, 3.63) is 0 Å². The van der Waals surface area contributed by atoms with E-state index in [1.165, 1.54) is 45.2 Å². The maximum atomic E-state index is 6.10. The number of nitrogens with zero attached hydrogens (tertiary/aromatic N) is 1. The normalized spacial score (nSPS) is 23.1. The summed E-state index contributed by atoms with van der Waals surface area (Å²) < 4.78 is 0. The predicted molar refractivity (Wildman–Crippen MR) is 62.3 cm³/mol. The van der Waals surface area contributed by atoms with Crippen LogP contribution in [0.15, 0.2) is 0 Å². The molecule has 0 unspecified atom stereocenters. The van der Waals surface area contributed by atoms with Crippen LogP contribution in [-0.2, 0) is 0 Å². The van der Waals surface area contributed by atoms with Gasteiger partial charge in [-0.05, 0) is 31.8 Å². The molecule has 0 saturated carbocycles. The van der Waals surface area contributed by atoms with E-state index in [4.69, 9.17) is 5.73 Å². The molecule has 2 N–H and O–H groups in total. The molecule has 1 aliphatic heterocycles. The summed E-state index contributed by atoms with van der Waals surface area (Å²) in [7, 11) is 0. The molecule has 1 aliphatic rings. The van der Waals surface area contributed by atoms with Crippen LogP contribution < -0.4 is 5.73 Å². The Morgan fingerprint density at radius 2 is 1.50 bits per heavy atom. The van der Waals surface area contributed by atoms with E-state index in [1.807, 2.05) is 0 Å². The molecule has 2 nitrogen and oxygen atoms in total. The Hall–Kier alpha value is -0.0800. The highest BCUT2D eigenvalue weighted by Gasteiger charge is 2.14. The summed E-state index contributed by atoms with van der Waals surface area (Å²) in [5.74, 6) is 0.612. The van der Waals surface area contributed by atoms with Gasteiger partial charge in [0.25, 0.3) is 0 Å². The standard InChI is InChI=1S/C12H26N2/c1-11(2)12(13)10-14-8-6-4-3-5-7-9-14/h11-12H,3-10,13H2,1-2H3/t12-/m0/s1. The first kappa shape index (κ1) is 12.0. The Bertz CT molecular complexity index is 137. The highest BCUT2D eigenvalue weighted by Crippen LogP contribution is 2.11. The van der Waals surface area contributed by atoms with Crippen molar-refractivity contribution in [2.75, 3.05) is 19.6 Å². The highest BCUT2D eigenvalue weighted by molar-refractivity contribution is 4.72. The minimum absolute atomic E-state index is 0.356. The first-order valence-corrected chi connectivity index (χ1v) is 6.18. The molecule has 84 valence electrons. The lowest BCUT2D eigenvalue weighted by Crippen LogP contribution is -2.41. The Morgan fingerprint density at radius 3 is 2.00 bits per heavy atom. The van der Waals surface area contributed by atoms with Crippen LogP contribution in [0.1, 0.15) is 46.0 Å². The average molecular weight is 198 g/mol. The molecule has 1 rings (SSSR count). The maximum Gasteiger partial charge on any atom is 0.0191 e. The Balaban J connectivity index is 2.26. The minimum atomic E-state index is 0.356. The van der Waals surface area contributed by atoms with E-state index in [9.17, 15) is 0 Å². The Morgan fingerprint density at radius 1 is 1.00 bits per heavy atom. The second-order valence-corrected chi connectivity index (χ2v) is 4.98. The summed E-state index contributed by atoms with van der Waals surface area (Å²) in [5.41, 5.74) is 6.10. The molecule has 1 atom stereocenters. The Labute approximate surface area is 88.8 Å². The quantitative estimate of drug-likeness (QED) is 0.753. The molecule has 0 amide bonds. The summed E-state index contributed by atoms with van der Waals surface area (Å²) in [5, 5.41) is 0. The third-order valence-electron chi connectivity index (χ3n) is 3.27. The second-order valence-electron chi connectivity index (χ2n) is 4.98. The molecule has 0 radical (unpaired) electrons. The van der Waals surface area contributed by atoms with Crippen LogP contribution in [0.2, 0.25) is 0 Å². The molecule has 0 spiro atoms. The lowest BCUT2D eigenvalue weighted by molar-refractivity contribution is 0.218. The van der Waals surface area contributed by atoms with Crippen LogP contribution >= 0.6 is 0 Å². The summed E-state index contributed by atoms with van der Waals surface area (Å²) in [4.78, 5) is 2.56. The van der Waals surface area contributed by atoms with Gasteiger partial charge in [-0.3, -0.25) is 0 Å². The molecule has 1 fully saturated rings. The highest BCUT2D eigenvalue weighted by atomic mass is 15.1. The predicted octanol–water partition coefficient (Wildman–Crippen LogP) is 2.24. The smallest absolute Gasteiger partial charge is 0.0191 e. The van der Waals surface area contributed by atoms with Crippen LogP contribution in [0, 0.1) is 5.92 Å². The van der Waals surface area contributed by atoms with Gasteiger partial charge in [-0.25, -0.2) is 0 Å². The molecule has 0 aliphatic carbocycles. The monoisotopic (exact) mass is 198 g/mol. The van der Waals surface area contributed by atoms with Gasteiger partial charge in [0.2, 0.25) is 0 Å². The van der Waals surface area contributed by atoms with Crippen molar-refractivity contribution < 1.29 is 0 Å². The van der Waals surface area contributed by atoms with Crippen molar-refractivity contribution in [1.82, 2.24) is 4.90 Å². The lowest BCUT2D eigenvalue weighted by atomic mass is 10.0. The van der Waals surface area contributed by atoms with E-state index in [0.717, 1.165) is 6.54 Å². The topological polar surface area (TPSA) is 29.3 Å². The number of likely N-dealkylation sites (tertiary alicyclic amines) is 1. The van der Waals surface area contributed by atoms with Gasteiger partial charge in [0.05, 0.1) is 0 Å². The van der Waals surface area contributed by atoms with E-state index < -0.39 is 0 Å². The molecular formula is C12H26N2. The van der Waals surface area contributed by atoms with E-state index in [1.54, 1.807) is 0 Å². The molecular weight excluding hydrogens is 172 g/mol. The van der Waals surface area contributed by atoms with Crippen molar-refractivity contribution in [3.63, 3.8) is 0 Å². The lowest BCUT2D eigenvalue weighted by Gasteiger charge is -2.28. The van der Waals surface area contributed by atoms with Gasteiger partial charge in [-0.2, -0.15) is 0 Å². The summed E-state index contributed by atoms with van der Waals surface area (Å²) >= 11 is 0. The fourth-order valence-corrected chi connectivity index (χ4v) is 2.00. The largest absolute Gasteiger partial charge is 0.326 e. The molecule has 1 heterocycles. The van der Waals surface area contributed by atoms with Gasteiger partial charge in [0.1, 0.15) is 0 Å². The van der Waals surface area contributed by atoms with Gasteiger partial charge in [0.15, 0.2) is 0 Å². The first-order chi connectivity index (χ1) is 6.70. The third kappa shape index (κ3) is 4.43. The van der Waals surface area contributed by atoms with E-state index in [2.05, 4.69) is 18.7 Å². The van der Waals surface area contributed by atoms with Crippen LogP contribution in [-0.4, -0.2) is 30.6 Å². The van der Waals surface area contributed by atoms with Gasteiger partial charge in [-0.1, -0.05) is 33.1 Å². The fourth-order valence-electron chi connectivity index (χ4n) is 2.00. The SMILES string of the molecule is CC(C)[C@@H](N)CN1CCCCCCC1. The number of nitrogens with two attached hydrogens (primary N) is 1. The van der Waals surface area contributed by atoms with Crippen molar-refractivity contribution in [3.8, 4) is 0 Å². The zero-order chi connectivity index (χ0) is 10.4. The average Bonchev–Trinajstić information content (AvgIpc) is 2.08. The maximum absolute atomic E-state index is 6.10. The number of rotatable bonds is 3. The molecule has 0 aromatic carbocycles. The minimum Gasteiger partial charge on any atom is -0.326 e. The van der Waals surface area contributed by atoms with E-state index >= 15 is 0 Å². The Kier molecular flexibility index (Phi) is 5.49. The fraction of sp³-hybridized carbons (Fsp3) is 1.00. The van der Waals surface area contributed by atoms with Crippen LogP contribution in [0.25, 0.3) is 0 Å². The molecule has 14 heavy (non-hydrogen) atoms. The van der Waals surface area contributed by atoms with Crippen molar-refractivity contribution in [2.45, 2.75) is 52.0 Å². The van der Waals surface area contributed by atoms with Crippen LogP contribution in [0.5, 0.6) is 0 Å². The summed E-state index contributed by atoms with van der Waals surface area (Å²) in [6.45, 7) is 8.06. The van der Waals surface area contributed by atoms with Crippen molar-refractivity contribution in [2.24, 2.45) is 11.7 Å².